The highest BCUT2D eigenvalue weighted by atomic mass is 32.2. The summed E-state index contributed by atoms with van der Waals surface area (Å²) in [6.07, 6.45) is 0. The smallest absolute Gasteiger partial charge is 0.267 e. The van der Waals surface area contributed by atoms with Crippen molar-refractivity contribution < 1.29 is 14.3 Å². The number of nitrogens with zero attached hydrogens (tertiary/aromatic N) is 2. The van der Waals surface area contributed by atoms with Gasteiger partial charge in [-0.1, -0.05) is 0 Å². The second kappa shape index (κ2) is 4.18. The van der Waals surface area contributed by atoms with Gasteiger partial charge in [-0.2, -0.15) is 11.8 Å². The van der Waals surface area contributed by atoms with Gasteiger partial charge in [-0.3, -0.25) is 9.59 Å². The summed E-state index contributed by atoms with van der Waals surface area (Å²) in [5.74, 6) is 1.29. The Bertz CT molecular complexity index is 233. The van der Waals surface area contributed by atoms with Crippen LogP contribution in [0, 0.1) is 0 Å². The van der Waals surface area contributed by atoms with Gasteiger partial charge >= 0.3 is 0 Å². The lowest BCUT2D eigenvalue weighted by molar-refractivity contribution is -0.173. The van der Waals surface area contributed by atoms with Crippen molar-refractivity contribution in [2.75, 3.05) is 37.8 Å². The molecule has 2 fully saturated rings. The van der Waals surface area contributed by atoms with Gasteiger partial charge in [-0.25, -0.2) is 10.0 Å². The minimum atomic E-state index is -0.114. The maximum Gasteiger partial charge on any atom is 0.267 e. The Balaban J connectivity index is 2.04. The third-order valence-corrected chi connectivity index (χ3v) is 3.14. The first-order valence-electron chi connectivity index (χ1n) is 4.55. The standard InChI is InChI=1S/C8H12N2O3S/c11-7-5-13-3-1-9(7)10-2-4-14-6-8(10)12/h1-6H2. The number of hydrazine groups is 1. The molecular formula is C8H12N2O3S. The summed E-state index contributed by atoms with van der Waals surface area (Å²) in [4.78, 5) is 22.9. The SMILES string of the molecule is O=C1COCCN1N1CCSCC1=O. The van der Waals surface area contributed by atoms with E-state index in [0.717, 1.165) is 5.75 Å². The number of rotatable bonds is 1. The molecule has 14 heavy (non-hydrogen) atoms. The maximum atomic E-state index is 11.5. The molecule has 0 aromatic rings. The van der Waals surface area contributed by atoms with Crippen LogP contribution in [-0.2, 0) is 14.3 Å². The Morgan fingerprint density at radius 1 is 1.14 bits per heavy atom. The monoisotopic (exact) mass is 216 g/mol. The molecule has 2 rings (SSSR count). The Kier molecular flexibility index (Phi) is 2.93. The highest BCUT2D eigenvalue weighted by molar-refractivity contribution is 8.00. The normalized spacial score (nSPS) is 24.3. The molecule has 0 aliphatic carbocycles. The molecule has 5 nitrogen and oxygen atoms in total. The first-order chi connectivity index (χ1) is 6.79. The van der Waals surface area contributed by atoms with Crippen molar-refractivity contribution in [3.8, 4) is 0 Å². The van der Waals surface area contributed by atoms with Gasteiger partial charge < -0.3 is 4.74 Å². The number of hydrogen-bond acceptors (Lipinski definition) is 4. The van der Waals surface area contributed by atoms with Crippen molar-refractivity contribution in [3.63, 3.8) is 0 Å². The number of ether oxygens (including phenoxy) is 1. The van der Waals surface area contributed by atoms with Crippen LogP contribution in [0.2, 0.25) is 0 Å². The zero-order valence-corrected chi connectivity index (χ0v) is 8.59. The van der Waals surface area contributed by atoms with Crippen LogP contribution in [0.1, 0.15) is 0 Å². The van der Waals surface area contributed by atoms with E-state index in [1.165, 1.54) is 5.01 Å². The molecular weight excluding hydrogens is 204 g/mol. The van der Waals surface area contributed by atoms with Gasteiger partial charge in [-0.05, 0) is 0 Å². The highest BCUT2D eigenvalue weighted by Crippen LogP contribution is 2.14. The van der Waals surface area contributed by atoms with Crippen LogP contribution in [0.3, 0.4) is 0 Å². The lowest BCUT2D eigenvalue weighted by Crippen LogP contribution is -2.57. The van der Waals surface area contributed by atoms with Crippen molar-refractivity contribution >= 4 is 23.6 Å². The van der Waals surface area contributed by atoms with Gasteiger partial charge in [0, 0.05) is 5.75 Å². The molecule has 2 heterocycles. The van der Waals surface area contributed by atoms with Gasteiger partial charge in [0.15, 0.2) is 0 Å². The summed E-state index contributed by atoms with van der Waals surface area (Å²) >= 11 is 1.61. The van der Waals surface area contributed by atoms with E-state index in [1.807, 2.05) is 0 Å². The third-order valence-electron chi connectivity index (χ3n) is 2.21. The minimum Gasteiger partial charge on any atom is -0.370 e. The second-order valence-electron chi connectivity index (χ2n) is 3.14. The predicted octanol–water partition coefficient (Wildman–Crippen LogP) is -0.664. The van der Waals surface area contributed by atoms with Crippen molar-refractivity contribution in [1.82, 2.24) is 10.0 Å². The van der Waals surface area contributed by atoms with Gasteiger partial charge in [0.05, 0.1) is 25.4 Å². The maximum absolute atomic E-state index is 11.5. The van der Waals surface area contributed by atoms with Crippen molar-refractivity contribution in [2.45, 2.75) is 0 Å². The second-order valence-corrected chi connectivity index (χ2v) is 4.24. The Morgan fingerprint density at radius 3 is 2.64 bits per heavy atom. The highest BCUT2D eigenvalue weighted by Gasteiger charge is 2.30. The van der Waals surface area contributed by atoms with Crippen LogP contribution in [0.15, 0.2) is 0 Å². The van der Waals surface area contributed by atoms with Gasteiger partial charge in [0.1, 0.15) is 6.61 Å². The number of thioether (sulfide) groups is 1. The summed E-state index contributed by atoms with van der Waals surface area (Å²) in [5.41, 5.74) is 0. The van der Waals surface area contributed by atoms with Crippen molar-refractivity contribution in [3.05, 3.63) is 0 Å². The molecule has 2 saturated heterocycles. The largest absolute Gasteiger partial charge is 0.370 e. The number of morpholine rings is 1. The molecule has 0 atom stereocenters. The molecule has 0 aromatic carbocycles. The van der Waals surface area contributed by atoms with E-state index in [9.17, 15) is 9.59 Å². The van der Waals surface area contributed by atoms with Crippen LogP contribution in [-0.4, -0.2) is 59.6 Å². The summed E-state index contributed by atoms with van der Waals surface area (Å²) in [6, 6.07) is 0. The molecule has 0 bridgehead atoms. The lowest BCUT2D eigenvalue weighted by Gasteiger charge is -2.38. The molecule has 0 aromatic heterocycles. The third kappa shape index (κ3) is 1.85. The summed E-state index contributed by atoms with van der Waals surface area (Å²) in [6.45, 7) is 1.74. The number of amides is 2. The van der Waals surface area contributed by atoms with Crippen molar-refractivity contribution in [2.24, 2.45) is 0 Å². The molecule has 2 aliphatic heterocycles. The molecule has 78 valence electrons. The van der Waals surface area contributed by atoms with Crippen LogP contribution >= 0.6 is 11.8 Å². The molecule has 0 saturated carbocycles. The van der Waals surface area contributed by atoms with E-state index in [4.69, 9.17) is 4.74 Å². The average molecular weight is 216 g/mol. The zero-order chi connectivity index (χ0) is 9.97. The fourth-order valence-corrected chi connectivity index (χ4v) is 2.30. The summed E-state index contributed by atoms with van der Waals surface area (Å²) in [7, 11) is 0. The van der Waals surface area contributed by atoms with E-state index in [0.29, 0.717) is 25.4 Å². The first-order valence-corrected chi connectivity index (χ1v) is 5.70. The quantitative estimate of drug-likeness (QED) is 0.583. The van der Waals surface area contributed by atoms with Crippen LogP contribution in [0.5, 0.6) is 0 Å². The lowest BCUT2D eigenvalue weighted by atomic mass is 10.4. The van der Waals surface area contributed by atoms with Crippen LogP contribution in [0.25, 0.3) is 0 Å². The van der Waals surface area contributed by atoms with E-state index in [2.05, 4.69) is 0 Å². The van der Waals surface area contributed by atoms with E-state index in [1.54, 1.807) is 16.8 Å². The number of carbonyl (C=O) groups is 2. The number of hydrogen-bond donors (Lipinski definition) is 0. The Labute approximate surface area is 86.3 Å². The van der Waals surface area contributed by atoms with E-state index >= 15 is 0 Å². The molecule has 2 aliphatic rings. The van der Waals surface area contributed by atoms with Gasteiger partial charge in [0.2, 0.25) is 0 Å². The van der Waals surface area contributed by atoms with E-state index in [-0.39, 0.29) is 18.4 Å². The molecule has 6 heteroatoms. The Morgan fingerprint density at radius 2 is 1.93 bits per heavy atom. The van der Waals surface area contributed by atoms with Gasteiger partial charge in [-0.15, -0.1) is 0 Å². The van der Waals surface area contributed by atoms with Gasteiger partial charge in [0.25, 0.3) is 11.8 Å². The fraction of sp³-hybridized carbons (Fsp3) is 0.750. The summed E-state index contributed by atoms with van der Waals surface area (Å²) in [5, 5.41) is 3.08. The molecule has 0 radical (unpaired) electrons. The molecule has 0 N–H and O–H groups in total. The molecule has 0 spiro atoms. The average Bonchev–Trinajstić information content (AvgIpc) is 2.20. The molecule has 2 amide bonds. The number of carbonyl (C=O) groups excluding carboxylic acids is 2. The zero-order valence-electron chi connectivity index (χ0n) is 7.77. The topological polar surface area (TPSA) is 49.9 Å². The minimum absolute atomic E-state index is 0.0245. The molecule has 0 unspecified atom stereocenters. The van der Waals surface area contributed by atoms with Crippen LogP contribution < -0.4 is 0 Å². The fourth-order valence-electron chi connectivity index (χ4n) is 1.53. The summed E-state index contributed by atoms with van der Waals surface area (Å²) < 4.78 is 5.00. The Hall–Kier alpha value is -0.750. The van der Waals surface area contributed by atoms with E-state index < -0.39 is 0 Å². The predicted molar refractivity (Wildman–Crippen MR) is 51.6 cm³/mol. The first kappa shape index (κ1) is 9.79. The van der Waals surface area contributed by atoms with Crippen molar-refractivity contribution in [1.29, 1.82) is 0 Å². The van der Waals surface area contributed by atoms with Crippen LogP contribution in [0.4, 0.5) is 0 Å².